The first-order valence-corrected chi connectivity index (χ1v) is 4.92. The van der Waals surface area contributed by atoms with Gasteiger partial charge in [0.15, 0.2) is 0 Å². The number of nitrogens with two attached hydrogens (primary N) is 1. The van der Waals surface area contributed by atoms with E-state index in [2.05, 4.69) is 18.1 Å². The van der Waals surface area contributed by atoms with Crippen LogP contribution in [-0.4, -0.2) is 13.2 Å². The van der Waals surface area contributed by atoms with Crippen molar-refractivity contribution >= 4 is 0 Å². The van der Waals surface area contributed by atoms with Crippen molar-refractivity contribution < 1.29 is 4.74 Å². The van der Waals surface area contributed by atoms with E-state index in [1.54, 1.807) is 7.11 Å². The molecule has 0 radical (unpaired) electrons. The van der Waals surface area contributed by atoms with E-state index in [9.17, 15) is 0 Å². The zero-order valence-corrected chi connectivity index (χ0v) is 9.29. The SMILES string of the molecule is C=C(C)C(Cc1cccc(OC)c1)NN. The van der Waals surface area contributed by atoms with E-state index < -0.39 is 0 Å². The summed E-state index contributed by atoms with van der Waals surface area (Å²) in [7, 11) is 1.66. The molecule has 0 fully saturated rings. The third kappa shape index (κ3) is 3.38. The molecule has 3 N–H and O–H groups in total. The Morgan fingerprint density at radius 3 is 2.87 bits per heavy atom. The van der Waals surface area contributed by atoms with E-state index >= 15 is 0 Å². The van der Waals surface area contributed by atoms with Crippen LogP contribution < -0.4 is 16.0 Å². The van der Waals surface area contributed by atoms with Gasteiger partial charge in [0.05, 0.1) is 7.11 Å². The van der Waals surface area contributed by atoms with Crippen LogP contribution in [0.5, 0.6) is 5.75 Å². The average Bonchev–Trinajstić information content (AvgIpc) is 2.25. The minimum atomic E-state index is 0.108. The summed E-state index contributed by atoms with van der Waals surface area (Å²) in [6.45, 7) is 5.85. The molecule has 0 saturated carbocycles. The Kier molecular flexibility index (Phi) is 4.34. The number of benzene rings is 1. The lowest BCUT2D eigenvalue weighted by Gasteiger charge is -2.16. The van der Waals surface area contributed by atoms with Gasteiger partial charge in [-0.05, 0) is 31.0 Å². The third-order valence-corrected chi connectivity index (χ3v) is 2.37. The summed E-state index contributed by atoms with van der Waals surface area (Å²) in [6.07, 6.45) is 0.822. The molecule has 1 atom stereocenters. The minimum Gasteiger partial charge on any atom is -0.497 e. The lowest BCUT2D eigenvalue weighted by Crippen LogP contribution is -2.37. The van der Waals surface area contributed by atoms with Crippen molar-refractivity contribution in [2.75, 3.05) is 7.11 Å². The lowest BCUT2D eigenvalue weighted by molar-refractivity contribution is 0.414. The fourth-order valence-electron chi connectivity index (χ4n) is 1.41. The summed E-state index contributed by atoms with van der Waals surface area (Å²) >= 11 is 0. The third-order valence-electron chi connectivity index (χ3n) is 2.37. The Balaban J connectivity index is 2.74. The smallest absolute Gasteiger partial charge is 0.119 e. The van der Waals surface area contributed by atoms with Gasteiger partial charge in [0.2, 0.25) is 0 Å². The molecule has 0 bridgehead atoms. The highest BCUT2D eigenvalue weighted by Crippen LogP contribution is 2.15. The van der Waals surface area contributed by atoms with Gasteiger partial charge in [-0.25, -0.2) is 0 Å². The zero-order valence-electron chi connectivity index (χ0n) is 9.29. The van der Waals surface area contributed by atoms with Crippen LogP contribution in [0.2, 0.25) is 0 Å². The summed E-state index contributed by atoms with van der Waals surface area (Å²) in [5, 5.41) is 0. The predicted molar refractivity (Wildman–Crippen MR) is 62.6 cm³/mol. The molecule has 0 aromatic heterocycles. The molecule has 1 unspecified atom stereocenters. The summed E-state index contributed by atoms with van der Waals surface area (Å²) in [5.41, 5.74) is 4.96. The summed E-state index contributed by atoms with van der Waals surface area (Å²) in [4.78, 5) is 0. The average molecular weight is 206 g/mol. The summed E-state index contributed by atoms with van der Waals surface area (Å²) in [6, 6.07) is 8.07. The molecule has 0 spiro atoms. The lowest BCUT2D eigenvalue weighted by atomic mass is 10.0. The topological polar surface area (TPSA) is 47.3 Å². The van der Waals surface area contributed by atoms with Gasteiger partial charge in [-0.1, -0.05) is 24.3 Å². The number of hydrazine groups is 1. The summed E-state index contributed by atoms with van der Waals surface area (Å²) < 4.78 is 5.16. The van der Waals surface area contributed by atoms with Gasteiger partial charge in [0.1, 0.15) is 5.75 Å². The maximum Gasteiger partial charge on any atom is 0.119 e. The van der Waals surface area contributed by atoms with E-state index in [1.165, 1.54) is 5.56 Å². The molecule has 0 heterocycles. The second-order valence-electron chi connectivity index (χ2n) is 3.62. The van der Waals surface area contributed by atoms with E-state index in [0.717, 1.165) is 17.7 Å². The normalized spacial score (nSPS) is 12.2. The van der Waals surface area contributed by atoms with Crippen LogP contribution in [0.1, 0.15) is 12.5 Å². The number of methoxy groups -OCH3 is 1. The molecule has 0 aliphatic rings. The first-order valence-electron chi connectivity index (χ1n) is 4.92. The zero-order chi connectivity index (χ0) is 11.3. The van der Waals surface area contributed by atoms with Crippen LogP contribution in [0.4, 0.5) is 0 Å². The fourth-order valence-corrected chi connectivity index (χ4v) is 1.41. The number of hydrogen-bond acceptors (Lipinski definition) is 3. The van der Waals surface area contributed by atoms with Crippen molar-refractivity contribution in [3.63, 3.8) is 0 Å². The largest absolute Gasteiger partial charge is 0.497 e. The second-order valence-corrected chi connectivity index (χ2v) is 3.62. The van der Waals surface area contributed by atoms with Crippen molar-refractivity contribution in [1.82, 2.24) is 5.43 Å². The van der Waals surface area contributed by atoms with E-state index in [-0.39, 0.29) is 6.04 Å². The Morgan fingerprint density at radius 2 is 2.33 bits per heavy atom. The van der Waals surface area contributed by atoms with Gasteiger partial charge >= 0.3 is 0 Å². The Hall–Kier alpha value is -1.32. The molecule has 1 aromatic carbocycles. The molecule has 1 rings (SSSR count). The Morgan fingerprint density at radius 1 is 1.60 bits per heavy atom. The van der Waals surface area contributed by atoms with Gasteiger partial charge in [0, 0.05) is 6.04 Å². The Bertz CT molecular complexity index is 336. The van der Waals surface area contributed by atoms with Gasteiger partial charge < -0.3 is 4.74 Å². The molecular formula is C12H18N2O. The van der Waals surface area contributed by atoms with Crippen molar-refractivity contribution in [1.29, 1.82) is 0 Å². The van der Waals surface area contributed by atoms with Crippen molar-refractivity contribution in [2.45, 2.75) is 19.4 Å². The van der Waals surface area contributed by atoms with Crippen molar-refractivity contribution in [3.8, 4) is 5.75 Å². The van der Waals surface area contributed by atoms with Crippen LogP contribution in [0.3, 0.4) is 0 Å². The van der Waals surface area contributed by atoms with Crippen LogP contribution in [0.25, 0.3) is 0 Å². The quantitative estimate of drug-likeness (QED) is 0.437. The molecular weight excluding hydrogens is 188 g/mol. The molecule has 0 aliphatic heterocycles. The van der Waals surface area contributed by atoms with E-state index in [4.69, 9.17) is 10.6 Å². The number of ether oxygens (including phenoxy) is 1. The predicted octanol–water partition coefficient (Wildman–Crippen LogP) is 1.65. The first-order chi connectivity index (χ1) is 7.17. The monoisotopic (exact) mass is 206 g/mol. The molecule has 1 aromatic rings. The van der Waals surface area contributed by atoms with Crippen LogP contribution in [0, 0.1) is 0 Å². The highest BCUT2D eigenvalue weighted by atomic mass is 16.5. The van der Waals surface area contributed by atoms with Crippen molar-refractivity contribution in [3.05, 3.63) is 42.0 Å². The number of rotatable bonds is 5. The van der Waals surface area contributed by atoms with Gasteiger partial charge in [-0.15, -0.1) is 0 Å². The fraction of sp³-hybridized carbons (Fsp3) is 0.333. The summed E-state index contributed by atoms with van der Waals surface area (Å²) in [5.74, 6) is 6.32. The standard InChI is InChI=1S/C12H18N2O/c1-9(2)12(14-13)8-10-5-4-6-11(7-10)15-3/h4-7,12,14H,1,8,13H2,2-3H3. The van der Waals surface area contributed by atoms with Crippen LogP contribution in [0.15, 0.2) is 36.4 Å². The van der Waals surface area contributed by atoms with Crippen LogP contribution >= 0.6 is 0 Å². The molecule has 3 heteroatoms. The first kappa shape index (κ1) is 11.8. The van der Waals surface area contributed by atoms with Gasteiger partial charge in [-0.3, -0.25) is 11.3 Å². The highest BCUT2D eigenvalue weighted by Gasteiger charge is 2.08. The van der Waals surface area contributed by atoms with E-state index in [0.29, 0.717) is 0 Å². The van der Waals surface area contributed by atoms with Crippen molar-refractivity contribution in [2.24, 2.45) is 5.84 Å². The number of hydrogen-bond donors (Lipinski definition) is 2. The van der Waals surface area contributed by atoms with Gasteiger partial charge in [0.25, 0.3) is 0 Å². The molecule has 0 amide bonds. The molecule has 82 valence electrons. The molecule has 0 aliphatic carbocycles. The maximum absolute atomic E-state index is 5.45. The Labute approximate surface area is 90.9 Å². The number of nitrogens with one attached hydrogen (secondary N) is 1. The van der Waals surface area contributed by atoms with Crippen LogP contribution in [-0.2, 0) is 6.42 Å². The molecule has 3 nitrogen and oxygen atoms in total. The minimum absolute atomic E-state index is 0.108. The molecule has 15 heavy (non-hydrogen) atoms. The maximum atomic E-state index is 5.45. The second kappa shape index (κ2) is 5.53. The highest BCUT2D eigenvalue weighted by molar-refractivity contribution is 5.29. The van der Waals surface area contributed by atoms with E-state index in [1.807, 2.05) is 25.1 Å². The molecule has 0 saturated heterocycles. The van der Waals surface area contributed by atoms with Gasteiger partial charge in [-0.2, -0.15) is 0 Å².